The van der Waals surface area contributed by atoms with Crippen LogP contribution in [0.4, 0.5) is 11.4 Å². The number of ether oxygens (including phenoxy) is 2. The minimum absolute atomic E-state index is 0.311. The Kier molecular flexibility index (Phi) is 5.34. The molecule has 2 fully saturated rings. The fraction of sp³-hybridized carbons (Fsp3) is 0.172. The molecule has 2 aliphatic heterocycles. The van der Waals surface area contributed by atoms with E-state index in [4.69, 9.17) is 14.3 Å². The molecule has 2 aliphatic rings. The van der Waals surface area contributed by atoms with Crippen molar-refractivity contribution >= 4 is 34.0 Å². The zero-order chi connectivity index (χ0) is 24.8. The number of carbonyl (C=O) groups excluding carboxylic acids is 2. The summed E-state index contributed by atoms with van der Waals surface area (Å²) in [7, 11) is 3.13. The van der Waals surface area contributed by atoms with Crippen molar-refractivity contribution in [3.8, 4) is 11.5 Å². The van der Waals surface area contributed by atoms with E-state index < -0.39 is 18.1 Å². The molecule has 3 atom stereocenters. The first-order valence-electron chi connectivity index (χ1n) is 11.7. The van der Waals surface area contributed by atoms with Crippen molar-refractivity contribution in [2.75, 3.05) is 24.2 Å². The van der Waals surface area contributed by atoms with Crippen molar-refractivity contribution in [1.29, 1.82) is 0 Å². The van der Waals surface area contributed by atoms with Gasteiger partial charge in [0.15, 0.2) is 17.6 Å². The Morgan fingerprint density at radius 1 is 0.750 bits per heavy atom. The molecule has 0 aromatic heterocycles. The van der Waals surface area contributed by atoms with E-state index in [9.17, 15) is 9.59 Å². The molecule has 2 heterocycles. The number of nitrogens with zero attached hydrogens (tertiary/aromatic N) is 2. The second-order valence-corrected chi connectivity index (χ2v) is 8.75. The van der Waals surface area contributed by atoms with Crippen molar-refractivity contribution in [2.24, 2.45) is 5.92 Å². The van der Waals surface area contributed by atoms with Crippen LogP contribution in [0.25, 0.3) is 10.8 Å². The lowest BCUT2D eigenvalue weighted by molar-refractivity contribution is -0.126. The summed E-state index contributed by atoms with van der Waals surface area (Å²) >= 11 is 0. The quantitative estimate of drug-likeness (QED) is 0.378. The molecule has 36 heavy (non-hydrogen) atoms. The standard InChI is InChI=1S/C29H24N2O5/c1-34-23-17-9-15-21(26(23)35-2)25-24-27(36-31(25)19-12-4-3-5-13-19)29(33)30(28(24)32)22-16-8-11-18-10-6-7-14-20(18)22/h3-17,24-25,27H,1-2H3/t24-,25+,27-/m1/s1. The van der Waals surface area contributed by atoms with Gasteiger partial charge in [-0.15, -0.1) is 0 Å². The highest BCUT2D eigenvalue weighted by molar-refractivity contribution is 6.26. The van der Waals surface area contributed by atoms with Gasteiger partial charge in [-0.2, -0.15) is 0 Å². The van der Waals surface area contributed by atoms with Crippen LogP contribution in [0.2, 0.25) is 0 Å². The average molecular weight is 481 g/mol. The number of hydrogen-bond acceptors (Lipinski definition) is 6. The van der Waals surface area contributed by atoms with Gasteiger partial charge in [0.2, 0.25) is 5.91 Å². The lowest BCUT2D eigenvalue weighted by Gasteiger charge is -2.30. The summed E-state index contributed by atoms with van der Waals surface area (Å²) in [6.07, 6.45) is -0.974. The number of methoxy groups -OCH3 is 2. The summed E-state index contributed by atoms with van der Waals surface area (Å²) < 4.78 is 11.3. The van der Waals surface area contributed by atoms with Gasteiger partial charge in [0.05, 0.1) is 25.6 Å². The molecule has 180 valence electrons. The van der Waals surface area contributed by atoms with E-state index in [0.717, 1.165) is 16.5 Å². The summed E-state index contributed by atoms with van der Waals surface area (Å²) in [6, 6.07) is 27.7. The molecule has 7 nitrogen and oxygen atoms in total. The Bertz CT molecular complexity index is 1470. The maximum atomic E-state index is 14.1. The van der Waals surface area contributed by atoms with Gasteiger partial charge in [-0.05, 0) is 29.7 Å². The van der Waals surface area contributed by atoms with Crippen LogP contribution in [0, 0.1) is 5.92 Å². The maximum Gasteiger partial charge on any atom is 0.266 e. The molecular weight excluding hydrogens is 456 g/mol. The third-order valence-electron chi connectivity index (χ3n) is 6.89. The molecule has 2 saturated heterocycles. The number of hydroxylamine groups is 1. The minimum atomic E-state index is -0.974. The number of hydrogen-bond donors (Lipinski definition) is 0. The molecule has 0 bridgehead atoms. The summed E-state index contributed by atoms with van der Waals surface area (Å²) in [6.45, 7) is 0. The molecule has 0 spiro atoms. The summed E-state index contributed by atoms with van der Waals surface area (Å²) in [5.41, 5.74) is 2.00. The van der Waals surface area contributed by atoms with Crippen LogP contribution < -0.4 is 19.4 Å². The average Bonchev–Trinajstić information content (AvgIpc) is 3.43. The van der Waals surface area contributed by atoms with Crippen LogP contribution in [0.1, 0.15) is 11.6 Å². The second-order valence-electron chi connectivity index (χ2n) is 8.75. The fourth-order valence-corrected chi connectivity index (χ4v) is 5.31. The van der Waals surface area contributed by atoms with E-state index in [1.54, 1.807) is 31.4 Å². The first-order chi connectivity index (χ1) is 17.6. The zero-order valence-corrected chi connectivity index (χ0v) is 19.8. The van der Waals surface area contributed by atoms with Gasteiger partial charge in [-0.3, -0.25) is 14.4 Å². The van der Waals surface area contributed by atoms with E-state index in [1.807, 2.05) is 78.9 Å². The fourth-order valence-electron chi connectivity index (χ4n) is 5.31. The number of rotatable bonds is 5. The van der Waals surface area contributed by atoms with Gasteiger partial charge in [-0.1, -0.05) is 66.7 Å². The maximum absolute atomic E-state index is 14.1. The van der Waals surface area contributed by atoms with E-state index in [1.165, 1.54) is 4.90 Å². The van der Waals surface area contributed by atoms with Crippen LogP contribution in [0.3, 0.4) is 0 Å². The topological polar surface area (TPSA) is 68.3 Å². The molecule has 4 aromatic carbocycles. The van der Waals surface area contributed by atoms with E-state index in [0.29, 0.717) is 22.7 Å². The molecule has 7 heteroatoms. The van der Waals surface area contributed by atoms with E-state index in [-0.39, 0.29) is 11.8 Å². The van der Waals surface area contributed by atoms with Crippen molar-refractivity contribution in [3.63, 3.8) is 0 Å². The summed E-state index contributed by atoms with van der Waals surface area (Å²) in [4.78, 5) is 35.4. The van der Waals surface area contributed by atoms with Crippen LogP contribution >= 0.6 is 0 Å². The number of amides is 2. The van der Waals surface area contributed by atoms with E-state index in [2.05, 4.69) is 0 Å². The van der Waals surface area contributed by atoms with Gasteiger partial charge in [0, 0.05) is 10.9 Å². The highest BCUT2D eigenvalue weighted by Gasteiger charge is 2.61. The molecule has 0 saturated carbocycles. The van der Waals surface area contributed by atoms with Crippen molar-refractivity contribution in [2.45, 2.75) is 12.1 Å². The summed E-state index contributed by atoms with van der Waals surface area (Å²) in [5.74, 6) is -0.438. The first kappa shape index (κ1) is 22.1. The number of anilines is 2. The van der Waals surface area contributed by atoms with Crippen LogP contribution in [0.15, 0.2) is 91.0 Å². The Balaban J connectivity index is 1.50. The zero-order valence-electron chi connectivity index (χ0n) is 19.8. The first-order valence-corrected chi connectivity index (χ1v) is 11.7. The molecule has 4 aromatic rings. The smallest absolute Gasteiger partial charge is 0.266 e. The monoisotopic (exact) mass is 480 g/mol. The molecule has 0 radical (unpaired) electrons. The predicted molar refractivity (Wildman–Crippen MR) is 136 cm³/mol. The van der Waals surface area contributed by atoms with Crippen LogP contribution in [-0.2, 0) is 14.4 Å². The molecular formula is C29H24N2O5. The highest BCUT2D eigenvalue weighted by Crippen LogP contribution is 2.51. The van der Waals surface area contributed by atoms with Crippen molar-refractivity contribution in [3.05, 3.63) is 96.6 Å². The van der Waals surface area contributed by atoms with Gasteiger partial charge in [-0.25, -0.2) is 9.96 Å². The SMILES string of the molecule is COc1cccc([C@H]2[C@H]3C(=O)N(c4cccc5ccccc45)C(=O)[C@@H]3ON2c2ccccc2)c1OC. The molecule has 0 unspecified atom stereocenters. The Hall–Kier alpha value is -4.36. The Morgan fingerprint density at radius 2 is 1.47 bits per heavy atom. The largest absolute Gasteiger partial charge is 0.493 e. The van der Waals surface area contributed by atoms with Gasteiger partial charge < -0.3 is 9.47 Å². The van der Waals surface area contributed by atoms with Crippen LogP contribution in [-0.4, -0.2) is 32.1 Å². The Morgan fingerprint density at radius 3 is 2.25 bits per heavy atom. The lowest BCUT2D eigenvalue weighted by Crippen LogP contribution is -2.37. The third kappa shape index (κ3) is 3.24. The number of benzene rings is 4. The van der Waals surface area contributed by atoms with Gasteiger partial charge in [0.1, 0.15) is 12.0 Å². The normalized spacial score (nSPS) is 21.2. The van der Waals surface area contributed by atoms with Gasteiger partial charge >= 0.3 is 0 Å². The van der Waals surface area contributed by atoms with Crippen LogP contribution in [0.5, 0.6) is 11.5 Å². The number of para-hydroxylation sites is 2. The lowest BCUT2D eigenvalue weighted by atomic mass is 9.89. The predicted octanol–water partition coefficient (Wildman–Crippen LogP) is 4.91. The molecule has 6 rings (SSSR count). The van der Waals surface area contributed by atoms with Crippen molar-refractivity contribution in [1.82, 2.24) is 0 Å². The van der Waals surface area contributed by atoms with Crippen molar-refractivity contribution < 1.29 is 23.9 Å². The van der Waals surface area contributed by atoms with Gasteiger partial charge in [0.25, 0.3) is 5.91 Å². The minimum Gasteiger partial charge on any atom is -0.493 e. The number of imide groups is 1. The summed E-state index contributed by atoms with van der Waals surface area (Å²) in [5, 5.41) is 3.44. The number of fused-ring (bicyclic) bond motifs is 2. The molecule has 0 N–H and O–H groups in total. The number of carbonyl (C=O) groups is 2. The highest BCUT2D eigenvalue weighted by atomic mass is 16.7. The molecule has 2 amide bonds. The third-order valence-corrected chi connectivity index (χ3v) is 6.89. The Labute approximate surface area is 208 Å². The second kappa shape index (κ2) is 8.70. The van der Waals surface area contributed by atoms with E-state index >= 15 is 0 Å². The molecule has 0 aliphatic carbocycles.